The van der Waals surface area contributed by atoms with E-state index in [0.717, 1.165) is 10.6 Å². The van der Waals surface area contributed by atoms with Gasteiger partial charge in [0, 0.05) is 5.54 Å². The molecule has 0 aliphatic carbocycles. The summed E-state index contributed by atoms with van der Waals surface area (Å²) in [4.78, 5) is 0.284. The average molecular weight is 216 g/mol. The molecule has 3 saturated heterocycles. The lowest BCUT2D eigenvalue weighted by Crippen LogP contribution is -2.61. The average Bonchev–Trinajstić information content (AvgIpc) is 2.45. The highest BCUT2D eigenvalue weighted by molar-refractivity contribution is 7.31. The summed E-state index contributed by atoms with van der Waals surface area (Å²) < 4.78 is 6.29. The van der Waals surface area contributed by atoms with Crippen molar-refractivity contribution < 1.29 is 4.43 Å². The molecule has 0 saturated carbocycles. The molecule has 4 heteroatoms. The summed E-state index contributed by atoms with van der Waals surface area (Å²) in [6.45, 7) is 9.75. The minimum absolute atomic E-state index is 0.284. The Morgan fingerprint density at radius 3 is 2.17 bits per heavy atom. The highest BCUT2D eigenvalue weighted by atomic mass is 31.0. The summed E-state index contributed by atoms with van der Waals surface area (Å²) in [5.74, 6) is 0. The predicted octanol–water partition coefficient (Wildman–Crippen LogP) is 2.57. The van der Waals surface area contributed by atoms with Gasteiger partial charge in [-0.05, 0) is 11.1 Å². The number of hydrogen-bond donors (Lipinski definition) is 0. The molecule has 0 bridgehead atoms. The Balaban J connectivity index is 1.91. The van der Waals surface area contributed by atoms with Gasteiger partial charge >= 0.3 is 0 Å². The lowest BCUT2D eigenvalue weighted by Gasteiger charge is -2.52. The number of hydrogen-bond acceptors (Lipinski definition) is 1. The van der Waals surface area contributed by atoms with E-state index >= 15 is 0 Å². The van der Waals surface area contributed by atoms with Crippen molar-refractivity contribution in [3.8, 4) is 0 Å². The van der Waals surface area contributed by atoms with Crippen LogP contribution >= 0.6 is 9.24 Å². The first-order valence-electron chi connectivity index (χ1n) is 4.77. The highest BCUT2D eigenvalue weighted by Crippen LogP contribution is 3.02. The van der Waals surface area contributed by atoms with Crippen molar-refractivity contribution >= 4 is 25.6 Å². The van der Waals surface area contributed by atoms with Gasteiger partial charge in [0.25, 0.3) is 0 Å². The normalized spacial score (nSPS) is 66.2. The summed E-state index contributed by atoms with van der Waals surface area (Å²) in [5, 5.41) is 0.745. The van der Waals surface area contributed by atoms with Crippen LogP contribution in [0.3, 0.4) is 0 Å². The van der Waals surface area contributed by atoms with Gasteiger partial charge in [-0.3, -0.25) is 0 Å². The first-order valence-corrected chi connectivity index (χ1v) is 11.0. The maximum absolute atomic E-state index is 6.29. The molecule has 0 amide bonds. The van der Waals surface area contributed by atoms with Crippen molar-refractivity contribution in [2.45, 2.75) is 48.2 Å². The van der Waals surface area contributed by atoms with E-state index in [4.69, 9.17) is 4.43 Å². The SMILES string of the molecule is CC12C[Si]13OC(P)([Si](C)(C)C)C23. The van der Waals surface area contributed by atoms with E-state index in [2.05, 4.69) is 35.8 Å². The zero-order valence-corrected chi connectivity index (χ0v) is 11.4. The van der Waals surface area contributed by atoms with Crippen molar-refractivity contribution in [3.63, 3.8) is 0 Å². The molecule has 12 heavy (non-hydrogen) atoms. The molecule has 0 radical (unpaired) electrons. The Kier molecular flexibility index (Phi) is 1.06. The topological polar surface area (TPSA) is 9.23 Å². The molecule has 3 aliphatic heterocycles. The molecule has 5 unspecified atom stereocenters. The van der Waals surface area contributed by atoms with E-state index in [1.807, 2.05) is 0 Å². The molecular formula is C8H17OPSi2. The lowest BCUT2D eigenvalue weighted by atomic mass is 10.1. The first-order chi connectivity index (χ1) is 5.28. The van der Waals surface area contributed by atoms with Gasteiger partial charge in [0.15, 0.2) is 0 Å². The molecule has 3 rings (SSSR count). The Morgan fingerprint density at radius 2 is 2.08 bits per heavy atom. The van der Waals surface area contributed by atoms with Crippen molar-refractivity contribution in [2.24, 2.45) is 0 Å². The first kappa shape index (κ1) is 8.16. The second-order valence-electron chi connectivity index (χ2n) is 6.06. The summed E-state index contributed by atoms with van der Waals surface area (Å²) in [7, 11) is 0.967. The summed E-state index contributed by atoms with van der Waals surface area (Å²) in [6, 6.07) is 1.48. The van der Waals surface area contributed by atoms with Gasteiger partial charge in [-0.1, -0.05) is 26.6 Å². The molecule has 0 aromatic rings. The van der Waals surface area contributed by atoms with Gasteiger partial charge in [-0.25, -0.2) is 0 Å². The minimum atomic E-state index is -1.11. The Bertz CT molecular complexity index is 281. The second kappa shape index (κ2) is 1.56. The van der Waals surface area contributed by atoms with E-state index in [9.17, 15) is 0 Å². The van der Waals surface area contributed by atoms with Crippen LogP contribution in [0.25, 0.3) is 0 Å². The van der Waals surface area contributed by atoms with Crippen molar-refractivity contribution in [1.82, 2.24) is 0 Å². The van der Waals surface area contributed by atoms with Crippen LogP contribution in [-0.4, -0.2) is 21.4 Å². The van der Waals surface area contributed by atoms with Crippen molar-refractivity contribution in [3.05, 3.63) is 0 Å². The van der Waals surface area contributed by atoms with Crippen LogP contribution < -0.4 is 0 Å². The molecule has 68 valence electrons. The number of fused-ring (bicyclic) bond motifs is 1. The largest absolute Gasteiger partial charge is 0.410 e. The molecule has 0 aromatic carbocycles. The third-order valence-electron chi connectivity index (χ3n) is 4.44. The number of rotatable bonds is 1. The minimum Gasteiger partial charge on any atom is -0.410 e. The van der Waals surface area contributed by atoms with Gasteiger partial charge < -0.3 is 4.43 Å². The highest BCUT2D eigenvalue weighted by Gasteiger charge is 3.03. The van der Waals surface area contributed by atoms with E-state index < -0.39 is 16.4 Å². The Labute approximate surface area is 78.6 Å². The Hall–Kier alpha value is 0.824. The molecule has 3 fully saturated rings. The lowest BCUT2D eigenvalue weighted by molar-refractivity contribution is 0.176. The van der Waals surface area contributed by atoms with E-state index in [0.29, 0.717) is 0 Å². The molecular weight excluding hydrogens is 199 g/mol. The summed E-state index contributed by atoms with van der Waals surface area (Å²) >= 11 is 0. The van der Waals surface area contributed by atoms with Gasteiger partial charge in [-0.2, -0.15) is 0 Å². The summed E-state index contributed by atoms with van der Waals surface area (Å²) in [5.41, 5.74) is 1.04. The smallest absolute Gasteiger partial charge is 0.205 e. The maximum Gasteiger partial charge on any atom is 0.205 e. The van der Waals surface area contributed by atoms with Gasteiger partial charge in [0.05, 0.1) is 13.0 Å². The van der Waals surface area contributed by atoms with E-state index in [1.54, 1.807) is 0 Å². The van der Waals surface area contributed by atoms with Crippen LogP contribution in [0.4, 0.5) is 0 Å². The van der Waals surface area contributed by atoms with E-state index in [1.165, 1.54) is 6.04 Å². The van der Waals surface area contributed by atoms with Gasteiger partial charge in [0.1, 0.15) is 0 Å². The van der Waals surface area contributed by atoms with Crippen LogP contribution in [0.1, 0.15) is 6.92 Å². The zero-order valence-electron chi connectivity index (χ0n) is 8.27. The molecule has 3 heterocycles. The standard InChI is InChI=1S/C8H17OPSi2/c1-7-5-12(7)6(7)8(10,9-12)11(2,3)4/h6H,5,10H2,1-4H3. The van der Waals surface area contributed by atoms with Gasteiger partial charge in [0.2, 0.25) is 8.32 Å². The zero-order chi connectivity index (χ0) is 8.99. The maximum atomic E-state index is 6.29. The third kappa shape index (κ3) is 0.520. The van der Waals surface area contributed by atoms with Crippen LogP contribution in [-0.2, 0) is 4.43 Å². The fraction of sp³-hybridized carbons (Fsp3) is 1.00. The van der Waals surface area contributed by atoms with Crippen LogP contribution in [0.2, 0.25) is 36.3 Å². The third-order valence-corrected chi connectivity index (χ3v) is 16.9. The quantitative estimate of drug-likeness (QED) is 0.483. The fourth-order valence-electron chi connectivity index (χ4n) is 3.22. The molecule has 0 aromatic heterocycles. The second-order valence-corrected chi connectivity index (χ2v) is 16.8. The molecule has 0 N–H and O–H groups in total. The molecule has 3 aliphatic rings. The van der Waals surface area contributed by atoms with E-state index in [-0.39, 0.29) is 4.97 Å². The fourth-order valence-corrected chi connectivity index (χ4v) is 15.8. The van der Waals surface area contributed by atoms with Crippen LogP contribution in [0, 0.1) is 0 Å². The Morgan fingerprint density at radius 1 is 1.50 bits per heavy atom. The molecule has 1 nitrogen and oxygen atoms in total. The predicted molar refractivity (Wildman–Crippen MR) is 59.6 cm³/mol. The van der Waals surface area contributed by atoms with Crippen LogP contribution in [0.5, 0.6) is 0 Å². The molecule has 1 spiro atoms. The summed E-state index contributed by atoms with van der Waals surface area (Å²) in [6.07, 6.45) is 0. The van der Waals surface area contributed by atoms with Crippen LogP contribution in [0.15, 0.2) is 0 Å². The van der Waals surface area contributed by atoms with Crippen molar-refractivity contribution in [1.29, 1.82) is 0 Å². The van der Waals surface area contributed by atoms with Gasteiger partial charge in [-0.15, -0.1) is 9.24 Å². The van der Waals surface area contributed by atoms with Crippen molar-refractivity contribution in [2.75, 3.05) is 0 Å². The monoisotopic (exact) mass is 216 g/mol. The molecule has 5 atom stereocenters.